The Labute approximate surface area is 172 Å². The van der Waals surface area contributed by atoms with Gasteiger partial charge in [-0.2, -0.15) is 0 Å². The first-order chi connectivity index (χ1) is 14.0. The molecule has 2 aromatic heterocycles. The van der Waals surface area contributed by atoms with E-state index >= 15 is 0 Å². The van der Waals surface area contributed by atoms with E-state index in [1.807, 2.05) is 6.92 Å². The second-order valence-electron chi connectivity index (χ2n) is 7.62. The molecule has 1 aliphatic rings. The van der Waals surface area contributed by atoms with E-state index in [0.29, 0.717) is 6.54 Å². The number of hydrogen-bond acceptors (Lipinski definition) is 4. The van der Waals surface area contributed by atoms with Crippen LogP contribution >= 0.6 is 11.3 Å². The van der Waals surface area contributed by atoms with E-state index in [1.165, 1.54) is 23.4 Å². The van der Waals surface area contributed by atoms with E-state index in [9.17, 15) is 14.0 Å². The van der Waals surface area contributed by atoms with Crippen LogP contribution in [-0.2, 0) is 24.2 Å². The third-order valence-electron chi connectivity index (χ3n) is 5.84. The second-order valence-corrected chi connectivity index (χ2v) is 8.70. The molecule has 0 saturated carbocycles. The van der Waals surface area contributed by atoms with Crippen LogP contribution < -0.4 is 5.56 Å². The molecule has 1 amide bonds. The van der Waals surface area contributed by atoms with Gasteiger partial charge in [0.2, 0.25) is 5.91 Å². The van der Waals surface area contributed by atoms with Crippen molar-refractivity contribution < 1.29 is 9.18 Å². The molecule has 152 valence electrons. The lowest BCUT2D eigenvalue weighted by Crippen LogP contribution is -2.31. The van der Waals surface area contributed by atoms with Crippen LogP contribution in [0.4, 0.5) is 4.39 Å². The van der Waals surface area contributed by atoms with Gasteiger partial charge in [0, 0.05) is 24.9 Å². The van der Waals surface area contributed by atoms with Crippen LogP contribution in [-0.4, -0.2) is 27.4 Å². The number of carbonyl (C=O) groups excluding carboxylic acids is 1. The van der Waals surface area contributed by atoms with Crippen molar-refractivity contribution in [1.29, 1.82) is 0 Å². The third kappa shape index (κ3) is 3.83. The van der Waals surface area contributed by atoms with Gasteiger partial charge < -0.3 is 4.90 Å². The molecular weight excluding hydrogens is 389 g/mol. The summed E-state index contributed by atoms with van der Waals surface area (Å²) in [5.74, 6) is -0.367. The fourth-order valence-corrected chi connectivity index (χ4v) is 5.13. The van der Waals surface area contributed by atoms with Crippen LogP contribution in [0.15, 0.2) is 35.4 Å². The van der Waals surface area contributed by atoms with Gasteiger partial charge >= 0.3 is 0 Å². The number of benzene rings is 1. The van der Waals surface area contributed by atoms with Gasteiger partial charge in [0.15, 0.2) is 0 Å². The van der Waals surface area contributed by atoms with E-state index < -0.39 is 0 Å². The Kier molecular flexibility index (Phi) is 5.50. The SMILES string of the molecule is C[C@H](c1ccc(F)cc1)N(C)C(=O)CCn1cnc2sc3c(c2c1=O)CCCC3. The number of halogens is 1. The molecule has 7 heteroatoms. The summed E-state index contributed by atoms with van der Waals surface area (Å²) in [4.78, 5) is 33.9. The van der Waals surface area contributed by atoms with Crippen molar-refractivity contribution in [2.45, 2.75) is 51.6 Å². The van der Waals surface area contributed by atoms with Crippen molar-refractivity contribution >= 4 is 27.5 Å². The summed E-state index contributed by atoms with van der Waals surface area (Å²) in [7, 11) is 1.73. The molecule has 0 spiro atoms. The lowest BCUT2D eigenvalue weighted by atomic mass is 9.97. The highest BCUT2D eigenvalue weighted by Crippen LogP contribution is 2.33. The van der Waals surface area contributed by atoms with Gasteiger partial charge in [-0.15, -0.1) is 11.3 Å². The van der Waals surface area contributed by atoms with Gasteiger partial charge in [-0.25, -0.2) is 9.37 Å². The van der Waals surface area contributed by atoms with Gasteiger partial charge in [-0.1, -0.05) is 12.1 Å². The summed E-state index contributed by atoms with van der Waals surface area (Å²) < 4.78 is 14.7. The smallest absolute Gasteiger partial charge is 0.262 e. The maximum atomic E-state index is 13.1. The van der Waals surface area contributed by atoms with E-state index in [4.69, 9.17) is 0 Å². The minimum absolute atomic E-state index is 0.0450. The molecule has 2 heterocycles. The monoisotopic (exact) mass is 413 g/mol. The summed E-state index contributed by atoms with van der Waals surface area (Å²) in [5.41, 5.74) is 1.99. The van der Waals surface area contributed by atoms with Crippen LogP contribution in [0.3, 0.4) is 0 Å². The molecule has 0 fully saturated rings. The fourth-order valence-electron chi connectivity index (χ4n) is 3.91. The quantitative estimate of drug-likeness (QED) is 0.633. The molecule has 29 heavy (non-hydrogen) atoms. The molecule has 0 unspecified atom stereocenters. The lowest BCUT2D eigenvalue weighted by Gasteiger charge is -2.25. The molecule has 0 bridgehead atoms. The lowest BCUT2D eigenvalue weighted by molar-refractivity contribution is -0.132. The Morgan fingerprint density at radius 3 is 2.76 bits per heavy atom. The number of aromatic nitrogens is 2. The number of amides is 1. The number of fused-ring (bicyclic) bond motifs is 3. The normalized spacial score (nSPS) is 14.6. The molecule has 3 aromatic rings. The average Bonchev–Trinajstić information content (AvgIpc) is 3.12. The maximum Gasteiger partial charge on any atom is 0.262 e. The van der Waals surface area contributed by atoms with Crippen molar-refractivity contribution in [1.82, 2.24) is 14.5 Å². The first kappa shape index (κ1) is 19.8. The zero-order valence-corrected chi connectivity index (χ0v) is 17.5. The highest BCUT2D eigenvalue weighted by atomic mass is 32.1. The van der Waals surface area contributed by atoms with Gasteiger partial charge in [0.1, 0.15) is 10.6 Å². The largest absolute Gasteiger partial charge is 0.339 e. The average molecular weight is 414 g/mol. The predicted octanol–water partition coefficient (Wildman–Crippen LogP) is 4.09. The molecule has 0 N–H and O–H groups in total. The highest BCUT2D eigenvalue weighted by Gasteiger charge is 2.21. The second kappa shape index (κ2) is 8.06. The van der Waals surface area contributed by atoms with E-state index in [2.05, 4.69) is 4.98 Å². The summed E-state index contributed by atoms with van der Waals surface area (Å²) >= 11 is 1.63. The third-order valence-corrected chi connectivity index (χ3v) is 7.03. The van der Waals surface area contributed by atoms with Crippen molar-refractivity contribution in [3.05, 3.63) is 62.8 Å². The van der Waals surface area contributed by atoms with Crippen molar-refractivity contribution in [3.8, 4) is 0 Å². The molecule has 4 rings (SSSR count). The molecule has 0 saturated heterocycles. The van der Waals surface area contributed by atoms with E-state index in [1.54, 1.807) is 46.3 Å². The van der Waals surface area contributed by atoms with Crippen molar-refractivity contribution in [2.75, 3.05) is 7.05 Å². The van der Waals surface area contributed by atoms with Crippen molar-refractivity contribution in [3.63, 3.8) is 0 Å². The summed E-state index contributed by atoms with van der Waals surface area (Å²) in [6, 6.07) is 5.99. The summed E-state index contributed by atoms with van der Waals surface area (Å²) in [5, 5.41) is 0.743. The Hall–Kier alpha value is -2.54. The molecule has 5 nitrogen and oxygen atoms in total. The Balaban J connectivity index is 1.49. The van der Waals surface area contributed by atoms with E-state index in [0.717, 1.165) is 40.6 Å². The topological polar surface area (TPSA) is 55.2 Å². The number of nitrogens with zero attached hydrogens (tertiary/aromatic N) is 3. The van der Waals surface area contributed by atoms with Gasteiger partial charge in [0.05, 0.1) is 17.8 Å². The van der Waals surface area contributed by atoms with Gasteiger partial charge in [-0.3, -0.25) is 14.2 Å². The molecule has 1 aromatic carbocycles. The Morgan fingerprint density at radius 2 is 2.00 bits per heavy atom. The van der Waals surface area contributed by atoms with Crippen LogP contribution in [0.5, 0.6) is 0 Å². The summed E-state index contributed by atoms with van der Waals surface area (Å²) in [6.45, 7) is 2.20. The van der Waals surface area contributed by atoms with Crippen LogP contribution in [0.25, 0.3) is 10.2 Å². The first-order valence-electron chi connectivity index (χ1n) is 9.96. The predicted molar refractivity (Wildman–Crippen MR) is 113 cm³/mol. The zero-order valence-electron chi connectivity index (χ0n) is 16.7. The molecule has 0 radical (unpaired) electrons. The summed E-state index contributed by atoms with van der Waals surface area (Å²) in [6.07, 6.45) is 6.01. The number of rotatable bonds is 5. The Bertz CT molecular complexity index is 1100. The minimum Gasteiger partial charge on any atom is -0.339 e. The number of aryl methyl sites for hydroxylation is 3. The molecule has 1 atom stereocenters. The van der Waals surface area contributed by atoms with Gasteiger partial charge in [-0.05, 0) is 55.9 Å². The van der Waals surface area contributed by atoms with Crippen molar-refractivity contribution in [2.24, 2.45) is 0 Å². The van der Waals surface area contributed by atoms with Crippen LogP contribution in [0.1, 0.15) is 48.2 Å². The molecular formula is C22H24FN3O2S. The van der Waals surface area contributed by atoms with Crippen LogP contribution in [0, 0.1) is 5.82 Å². The number of hydrogen-bond donors (Lipinski definition) is 0. The van der Waals surface area contributed by atoms with Gasteiger partial charge in [0.25, 0.3) is 5.56 Å². The minimum atomic E-state index is -0.298. The first-order valence-corrected chi connectivity index (χ1v) is 10.8. The molecule has 1 aliphatic carbocycles. The number of thiophene rings is 1. The standard InChI is InChI=1S/C22H24FN3O2S/c1-14(15-7-9-16(23)10-8-15)25(2)19(27)11-12-26-13-24-21-20(22(26)28)17-5-3-4-6-18(17)29-21/h7-10,13-14H,3-6,11-12H2,1-2H3/t14-/m1/s1. The molecule has 0 aliphatic heterocycles. The van der Waals surface area contributed by atoms with E-state index in [-0.39, 0.29) is 29.7 Å². The number of carbonyl (C=O) groups is 1. The zero-order chi connectivity index (χ0) is 20.5. The Morgan fingerprint density at radius 1 is 1.28 bits per heavy atom. The highest BCUT2D eigenvalue weighted by molar-refractivity contribution is 7.18. The van der Waals surface area contributed by atoms with Crippen LogP contribution in [0.2, 0.25) is 0 Å². The fraction of sp³-hybridized carbons (Fsp3) is 0.409. The maximum absolute atomic E-state index is 13.1.